The number of ketones is 1. The first kappa shape index (κ1) is 13.3. The predicted molar refractivity (Wildman–Crippen MR) is 80.3 cm³/mol. The van der Waals surface area contributed by atoms with Crippen LogP contribution in [0.5, 0.6) is 0 Å². The molecule has 0 spiro atoms. The van der Waals surface area contributed by atoms with Crippen molar-refractivity contribution in [3.63, 3.8) is 0 Å². The van der Waals surface area contributed by atoms with Crippen molar-refractivity contribution >= 4 is 11.4 Å². The van der Waals surface area contributed by atoms with Crippen molar-refractivity contribution in [1.29, 1.82) is 0 Å². The van der Waals surface area contributed by atoms with Crippen LogP contribution in [0.15, 0.2) is 48.6 Å². The predicted octanol–water partition coefficient (Wildman–Crippen LogP) is 3.78. The Balaban J connectivity index is 2.08. The van der Waals surface area contributed by atoms with E-state index in [1.807, 2.05) is 36.4 Å². The Kier molecular flexibility index (Phi) is 3.35. The number of rotatable bonds is 4. The molecule has 104 valence electrons. The van der Waals surface area contributed by atoms with Crippen LogP contribution in [0, 0.1) is 5.92 Å². The fourth-order valence-corrected chi connectivity index (χ4v) is 3.49. The van der Waals surface area contributed by atoms with Crippen molar-refractivity contribution in [1.82, 2.24) is 0 Å². The average molecular weight is 268 g/mol. The first-order valence-electron chi connectivity index (χ1n) is 7.24. The number of allylic oxidation sites excluding steroid dienone is 2. The molecule has 2 aliphatic rings. The number of carbonyl (C=O) groups is 1. The molecule has 20 heavy (non-hydrogen) atoms. The standard InChI is InChI=1S/C18H20O2/c1-3-4-10-18(2)17-14(12-20-18)11-15(19)16(17)13-8-6-5-7-9-13/h3,5-9,14H,1,4,10-12H2,2H3/t14-,18-/m0/s1. The molecule has 1 fully saturated rings. The van der Waals surface area contributed by atoms with Gasteiger partial charge in [0.15, 0.2) is 5.78 Å². The van der Waals surface area contributed by atoms with Gasteiger partial charge < -0.3 is 4.74 Å². The smallest absolute Gasteiger partial charge is 0.164 e. The first-order chi connectivity index (χ1) is 9.65. The van der Waals surface area contributed by atoms with E-state index >= 15 is 0 Å². The maximum Gasteiger partial charge on any atom is 0.164 e. The Bertz CT molecular complexity index is 570. The van der Waals surface area contributed by atoms with E-state index in [2.05, 4.69) is 13.5 Å². The van der Waals surface area contributed by atoms with Crippen molar-refractivity contribution in [2.45, 2.75) is 31.8 Å². The normalized spacial score (nSPS) is 28.9. The number of carbonyl (C=O) groups excluding carboxylic acids is 1. The van der Waals surface area contributed by atoms with E-state index < -0.39 is 0 Å². The lowest BCUT2D eigenvalue weighted by Crippen LogP contribution is -2.26. The molecule has 2 heteroatoms. The van der Waals surface area contributed by atoms with Gasteiger partial charge in [-0.25, -0.2) is 0 Å². The zero-order valence-corrected chi connectivity index (χ0v) is 11.9. The average Bonchev–Trinajstić information content (AvgIpc) is 2.95. The van der Waals surface area contributed by atoms with Gasteiger partial charge in [-0.2, -0.15) is 0 Å². The highest BCUT2D eigenvalue weighted by Gasteiger charge is 2.48. The van der Waals surface area contributed by atoms with E-state index in [9.17, 15) is 4.79 Å². The first-order valence-corrected chi connectivity index (χ1v) is 7.24. The Hall–Kier alpha value is -1.67. The van der Waals surface area contributed by atoms with Crippen LogP contribution in [-0.4, -0.2) is 18.0 Å². The molecular formula is C18H20O2. The molecule has 1 aromatic rings. The number of ether oxygens (including phenoxy) is 1. The van der Waals surface area contributed by atoms with Gasteiger partial charge in [-0.1, -0.05) is 36.4 Å². The van der Waals surface area contributed by atoms with Crippen LogP contribution in [0.1, 0.15) is 31.7 Å². The number of hydrogen-bond acceptors (Lipinski definition) is 2. The van der Waals surface area contributed by atoms with Crippen LogP contribution in [0.2, 0.25) is 0 Å². The molecule has 0 saturated carbocycles. The van der Waals surface area contributed by atoms with Crippen LogP contribution < -0.4 is 0 Å². The van der Waals surface area contributed by atoms with Crippen molar-refractivity contribution < 1.29 is 9.53 Å². The second kappa shape index (κ2) is 5.02. The molecule has 3 rings (SSSR count). The van der Waals surface area contributed by atoms with E-state index in [1.165, 1.54) is 5.57 Å². The molecule has 1 saturated heterocycles. The molecule has 2 atom stereocenters. The molecule has 0 radical (unpaired) electrons. The fraction of sp³-hybridized carbons (Fsp3) is 0.389. The van der Waals surface area contributed by atoms with E-state index in [4.69, 9.17) is 4.74 Å². The molecule has 0 unspecified atom stereocenters. The van der Waals surface area contributed by atoms with Gasteiger partial charge in [0, 0.05) is 17.9 Å². The maximum absolute atomic E-state index is 12.4. The number of hydrogen-bond donors (Lipinski definition) is 0. The fourth-order valence-electron chi connectivity index (χ4n) is 3.49. The summed E-state index contributed by atoms with van der Waals surface area (Å²) < 4.78 is 6.05. The third kappa shape index (κ3) is 2.04. The van der Waals surface area contributed by atoms with Crippen LogP contribution in [0.4, 0.5) is 0 Å². The van der Waals surface area contributed by atoms with Gasteiger partial charge in [-0.05, 0) is 30.9 Å². The summed E-state index contributed by atoms with van der Waals surface area (Å²) in [5.41, 5.74) is 2.84. The number of Topliss-reactive ketones (excluding diaryl/α,β-unsaturated/α-hetero) is 1. The molecule has 1 aliphatic carbocycles. The zero-order valence-electron chi connectivity index (χ0n) is 11.9. The SMILES string of the molecule is C=CCC[C@]1(C)OC[C@@H]2CC(=O)C(c3ccccc3)=C21. The van der Waals surface area contributed by atoms with Crippen LogP contribution in [0.3, 0.4) is 0 Å². The molecule has 2 nitrogen and oxygen atoms in total. The van der Waals surface area contributed by atoms with Gasteiger partial charge in [-0.3, -0.25) is 4.79 Å². The Morgan fingerprint density at radius 2 is 2.15 bits per heavy atom. The lowest BCUT2D eigenvalue weighted by atomic mass is 9.84. The summed E-state index contributed by atoms with van der Waals surface area (Å²) in [4.78, 5) is 12.4. The van der Waals surface area contributed by atoms with E-state index in [1.54, 1.807) is 0 Å². The lowest BCUT2D eigenvalue weighted by Gasteiger charge is -2.26. The summed E-state index contributed by atoms with van der Waals surface area (Å²) >= 11 is 0. The third-order valence-corrected chi connectivity index (χ3v) is 4.45. The Morgan fingerprint density at radius 3 is 2.85 bits per heavy atom. The molecule has 1 aromatic carbocycles. The molecule has 0 bridgehead atoms. The monoisotopic (exact) mass is 268 g/mol. The maximum atomic E-state index is 12.4. The van der Waals surface area contributed by atoms with Gasteiger partial charge in [0.25, 0.3) is 0 Å². The second-order valence-electron chi connectivity index (χ2n) is 5.85. The largest absolute Gasteiger partial charge is 0.370 e. The minimum atomic E-state index is -0.309. The zero-order chi connectivity index (χ0) is 14.2. The number of fused-ring (bicyclic) bond motifs is 1. The van der Waals surface area contributed by atoms with Crippen LogP contribution >= 0.6 is 0 Å². The van der Waals surface area contributed by atoms with Crippen molar-refractivity contribution in [3.8, 4) is 0 Å². The molecule has 0 amide bonds. The Labute approximate surface area is 120 Å². The van der Waals surface area contributed by atoms with Gasteiger partial charge in [0.05, 0.1) is 12.2 Å². The highest BCUT2D eigenvalue weighted by molar-refractivity contribution is 6.24. The van der Waals surface area contributed by atoms with Crippen molar-refractivity contribution in [2.24, 2.45) is 5.92 Å². The highest BCUT2D eigenvalue weighted by atomic mass is 16.5. The summed E-state index contributed by atoms with van der Waals surface area (Å²) in [5.74, 6) is 0.539. The molecular weight excluding hydrogens is 248 g/mol. The van der Waals surface area contributed by atoms with Crippen molar-refractivity contribution in [2.75, 3.05) is 6.61 Å². The molecule has 0 aromatic heterocycles. The van der Waals surface area contributed by atoms with E-state index in [-0.39, 0.29) is 17.3 Å². The summed E-state index contributed by atoms with van der Waals surface area (Å²) in [7, 11) is 0. The third-order valence-electron chi connectivity index (χ3n) is 4.45. The summed E-state index contributed by atoms with van der Waals surface area (Å²) in [6.07, 6.45) is 4.32. The van der Waals surface area contributed by atoms with E-state index in [0.29, 0.717) is 13.0 Å². The minimum Gasteiger partial charge on any atom is -0.370 e. The molecule has 1 heterocycles. The molecule has 1 aliphatic heterocycles. The van der Waals surface area contributed by atoms with Gasteiger partial charge in [-0.15, -0.1) is 6.58 Å². The second-order valence-corrected chi connectivity index (χ2v) is 5.85. The highest BCUT2D eigenvalue weighted by Crippen LogP contribution is 2.49. The van der Waals surface area contributed by atoms with Gasteiger partial charge in [0.2, 0.25) is 0 Å². The molecule has 0 N–H and O–H groups in total. The summed E-state index contributed by atoms with van der Waals surface area (Å²) in [6.45, 7) is 6.58. The van der Waals surface area contributed by atoms with E-state index in [0.717, 1.165) is 24.0 Å². The van der Waals surface area contributed by atoms with Crippen LogP contribution in [-0.2, 0) is 9.53 Å². The van der Waals surface area contributed by atoms with Crippen LogP contribution in [0.25, 0.3) is 5.57 Å². The van der Waals surface area contributed by atoms with Crippen molar-refractivity contribution in [3.05, 3.63) is 54.1 Å². The van der Waals surface area contributed by atoms with Gasteiger partial charge >= 0.3 is 0 Å². The quantitative estimate of drug-likeness (QED) is 0.777. The summed E-state index contributed by atoms with van der Waals surface area (Å²) in [6, 6.07) is 10.00. The lowest BCUT2D eigenvalue weighted by molar-refractivity contribution is -0.114. The number of benzene rings is 1. The summed E-state index contributed by atoms with van der Waals surface area (Å²) in [5, 5.41) is 0. The minimum absolute atomic E-state index is 0.268. The topological polar surface area (TPSA) is 26.3 Å². The Morgan fingerprint density at radius 1 is 1.40 bits per heavy atom. The van der Waals surface area contributed by atoms with Gasteiger partial charge in [0.1, 0.15) is 0 Å².